The highest BCUT2D eigenvalue weighted by atomic mass is 16.5. The SMILES string of the molecule is C=CC(=O)Nc1ccc(CC(=O)N(C)CC2CCOC2)cc1. The van der Waals surface area contributed by atoms with E-state index < -0.39 is 0 Å². The molecule has 1 fully saturated rings. The van der Waals surface area contributed by atoms with Crippen molar-refractivity contribution in [3.8, 4) is 0 Å². The summed E-state index contributed by atoms with van der Waals surface area (Å²) in [6.45, 7) is 5.69. The maximum atomic E-state index is 12.2. The number of nitrogens with zero attached hydrogens (tertiary/aromatic N) is 1. The van der Waals surface area contributed by atoms with Crippen molar-refractivity contribution in [2.75, 3.05) is 32.1 Å². The molecule has 5 nitrogen and oxygen atoms in total. The first kappa shape index (κ1) is 16.2. The Hall–Kier alpha value is -2.14. The van der Waals surface area contributed by atoms with Gasteiger partial charge in [0.1, 0.15) is 0 Å². The van der Waals surface area contributed by atoms with Crippen LogP contribution in [0.5, 0.6) is 0 Å². The maximum Gasteiger partial charge on any atom is 0.247 e. The number of rotatable bonds is 6. The Morgan fingerprint density at radius 3 is 2.73 bits per heavy atom. The average molecular weight is 302 g/mol. The first-order valence-corrected chi connectivity index (χ1v) is 7.42. The van der Waals surface area contributed by atoms with Crippen molar-refractivity contribution >= 4 is 17.5 Å². The lowest BCUT2D eigenvalue weighted by molar-refractivity contribution is -0.129. The molecule has 0 spiro atoms. The molecule has 118 valence electrons. The third-order valence-electron chi connectivity index (χ3n) is 3.74. The van der Waals surface area contributed by atoms with Crippen LogP contribution in [0.15, 0.2) is 36.9 Å². The Morgan fingerprint density at radius 2 is 2.14 bits per heavy atom. The largest absolute Gasteiger partial charge is 0.381 e. The van der Waals surface area contributed by atoms with E-state index in [0.29, 0.717) is 18.0 Å². The Kier molecular flexibility index (Phi) is 5.72. The zero-order valence-corrected chi connectivity index (χ0v) is 12.9. The zero-order chi connectivity index (χ0) is 15.9. The van der Waals surface area contributed by atoms with Crippen LogP contribution in [-0.2, 0) is 20.7 Å². The van der Waals surface area contributed by atoms with Gasteiger partial charge in [-0.3, -0.25) is 9.59 Å². The molecule has 1 atom stereocenters. The van der Waals surface area contributed by atoms with Gasteiger partial charge >= 0.3 is 0 Å². The molecule has 2 rings (SSSR count). The minimum absolute atomic E-state index is 0.0924. The number of carbonyl (C=O) groups is 2. The number of ether oxygens (including phenoxy) is 1. The van der Waals surface area contributed by atoms with Gasteiger partial charge in [-0.05, 0) is 30.2 Å². The molecule has 2 amide bonds. The molecule has 1 saturated heterocycles. The van der Waals surface area contributed by atoms with Crippen molar-refractivity contribution in [2.24, 2.45) is 5.92 Å². The lowest BCUT2D eigenvalue weighted by Gasteiger charge is -2.20. The molecule has 1 aliphatic heterocycles. The van der Waals surface area contributed by atoms with E-state index in [1.165, 1.54) is 6.08 Å². The van der Waals surface area contributed by atoms with Gasteiger partial charge in [-0.15, -0.1) is 0 Å². The van der Waals surface area contributed by atoms with Crippen molar-refractivity contribution < 1.29 is 14.3 Å². The summed E-state index contributed by atoms with van der Waals surface area (Å²) in [7, 11) is 1.83. The van der Waals surface area contributed by atoms with Gasteiger partial charge in [0.2, 0.25) is 11.8 Å². The van der Waals surface area contributed by atoms with Crippen molar-refractivity contribution in [3.63, 3.8) is 0 Å². The van der Waals surface area contributed by atoms with Crippen LogP contribution < -0.4 is 5.32 Å². The Morgan fingerprint density at radius 1 is 1.41 bits per heavy atom. The van der Waals surface area contributed by atoms with E-state index in [9.17, 15) is 9.59 Å². The number of hydrogen-bond acceptors (Lipinski definition) is 3. The fourth-order valence-electron chi connectivity index (χ4n) is 2.43. The first-order chi connectivity index (χ1) is 10.6. The lowest BCUT2D eigenvalue weighted by Crippen LogP contribution is -2.33. The molecular formula is C17H22N2O3. The fraction of sp³-hybridized carbons (Fsp3) is 0.412. The van der Waals surface area contributed by atoms with E-state index in [2.05, 4.69) is 11.9 Å². The van der Waals surface area contributed by atoms with Gasteiger partial charge < -0.3 is 15.0 Å². The number of benzene rings is 1. The summed E-state index contributed by atoms with van der Waals surface area (Å²) in [5.74, 6) is 0.294. The van der Waals surface area contributed by atoms with Crippen molar-refractivity contribution in [3.05, 3.63) is 42.5 Å². The smallest absolute Gasteiger partial charge is 0.247 e. The summed E-state index contributed by atoms with van der Waals surface area (Å²) >= 11 is 0. The van der Waals surface area contributed by atoms with E-state index in [4.69, 9.17) is 4.74 Å². The fourth-order valence-corrected chi connectivity index (χ4v) is 2.43. The molecule has 0 bridgehead atoms. The number of amides is 2. The van der Waals surface area contributed by atoms with Crippen LogP contribution in [0.2, 0.25) is 0 Å². The van der Waals surface area contributed by atoms with Gasteiger partial charge in [0, 0.05) is 31.8 Å². The number of hydrogen-bond donors (Lipinski definition) is 1. The topological polar surface area (TPSA) is 58.6 Å². The Balaban J connectivity index is 1.85. The van der Waals surface area contributed by atoms with Crippen LogP contribution >= 0.6 is 0 Å². The van der Waals surface area contributed by atoms with Crippen LogP contribution in [0.4, 0.5) is 5.69 Å². The summed E-state index contributed by atoms with van der Waals surface area (Å²) in [5.41, 5.74) is 1.62. The van der Waals surface area contributed by atoms with E-state index in [0.717, 1.165) is 31.7 Å². The molecule has 0 radical (unpaired) electrons. The molecule has 1 aromatic carbocycles. The number of nitrogens with one attached hydrogen (secondary N) is 1. The van der Waals surface area contributed by atoms with E-state index in [1.54, 1.807) is 17.0 Å². The zero-order valence-electron chi connectivity index (χ0n) is 12.9. The second-order valence-corrected chi connectivity index (χ2v) is 5.57. The quantitative estimate of drug-likeness (QED) is 0.816. The summed E-state index contributed by atoms with van der Waals surface area (Å²) in [4.78, 5) is 25.2. The van der Waals surface area contributed by atoms with Gasteiger partial charge in [-0.1, -0.05) is 18.7 Å². The van der Waals surface area contributed by atoms with Gasteiger partial charge in [0.15, 0.2) is 0 Å². The monoisotopic (exact) mass is 302 g/mol. The molecule has 1 aliphatic rings. The summed E-state index contributed by atoms with van der Waals surface area (Å²) < 4.78 is 5.33. The van der Waals surface area contributed by atoms with Gasteiger partial charge in [-0.25, -0.2) is 0 Å². The van der Waals surface area contributed by atoms with Crippen LogP contribution in [0, 0.1) is 5.92 Å². The molecule has 0 saturated carbocycles. The van der Waals surface area contributed by atoms with Crippen LogP contribution in [0.3, 0.4) is 0 Å². The summed E-state index contributed by atoms with van der Waals surface area (Å²) in [6, 6.07) is 7.27. The Bertz CT molecular complexity index is 533. The number of carbonyl (C=O) groups excluding carboxylic acids is 2. The Labute approximate surface area is 130 Å². The highest BCUT2D eigenvalue weighted by molar-refractivity contribution is 5.98. The van der Waals surface area contributed by atoms with Crippen molar-refractivity contribution in [1.29, 1.82) is 0 Å². The number of anilines is 1. The highest BCUT2D eigenvalue weighted by Crippen LogP contribution is 2.15. The molecule has 22 heavy (non-hydrogen) atoms. The first-order valence-electron chi connectivity index (χ1n) is 7.42. The van der Waals surface area contributed by atoms with E-state index in [1.807, 2.05) is 19.2 Å². The second-order valence-electron chi connectivity index (χ2n) is 5.57. The molecular weight excluding hydrogens is 280 g/mol. The standard InChI is InChI=1S/C17H22N2O3/c1-3-16(20)18-15-6-4-13(5-7-15)10-17(21)19(2)11-14-8-9-22-12-14/h3-7,14H,1,8-12H2,2H3,(H,18,20). The highest BCUT2D eigenvalue weighted by Gasteiger charge is 2.20. The van der Waals surface area contributed by atoms with Gasteiger partial charge in [-0.2, -0.15) is 0 Å². The minimum Gasteiger partial charge on any atom is -0.381 e. The molecule has 1 N–H and O–H groups in total. The number of likely N-dealkylation sites (N-methyl/N-ethyl adjacent to an activating group) is 1. The molecule has 1 aromatic rings. The van der Waals surface area contributed by atoms with Crippen LogP contribution in [-0.4, -0.2) is 43.5 Å². The molecule has 5 heteroatoms. The molecule has 0 aliphatic carbocycles. The lowest BCUT2D eigenvalue weighted by atomic mass is 10.1. The van der Waals surface area contributed by atoms with E-state index >= 15 is 0 Å². The predicted molar refractivity (Wildman–Crippen MR) is 85.5 cm³/mol. The minimum atomic E-state index is -0.248. The van der Waals surface area contributed by atoms with Crippen molar-refractivity contribution in [2.45, 2.75) is 12.8 Å². The third-order valence-corrected chi connectivity index (χ3v) is 3.74. The summed E-state index contributed by atoms with van der Waals surface area (Å²) in [5, 5.41) is 2.68. The maximum absolute atomic E-state index is 12.2. The predicted octanol–water partition coefficient (Wildman–Crippen LogP) is 1.85. The third kappa shape index (κ3) is 4.70. The summed E-state index contributed by atoms with van der Waals surface area (Å²) in [6.07, 6.45) is 2.61. The van der Waals surface area contributed by atoms with Gasteiger partial charge in [0.25, 0.3) is 0 Å². The molecule has 0 aromatic heterocycles. The van der Waals surface area contributed by atoms with Crippen LogP contribution in [0.1, 0.15) is 12.0 Å². The van der Waals surface area contributed by atoms with Crippen LogP contribution in [0.25, 0.3) is 0 Å². The normalized spacial score (nSPS) is 17.0. The van der Waals surface area contributed by atoms with Crippen molar-refractivity contribution in [1.82, 2.24) is 4.90 Å². The van der Waals surface area contributed by atoms with E-state index in [-0.39, 0.29) is 11.8 Å². The molecule has 1 heterocycles. The second kappa shape index (κ2) is 7.75. The van der Waals surface area contributed by atoms with Gasteiger partial charge in [0.05, 0.1) is 13.0 Å². The molecule has 1 unspecified atom stereocenters. The average Bonchev–Trinajstić information content (AvgIpc) is 3.02.